The van der Waals surface area contributed by atoms with Gasteiger partial charge in [0, 0.05) is 11.8 Å². The second-order valence-electron chi connectivity index (χ2n) is 5.22. The number of carbonyl (C=O) groups is 1. The molecule has 21 heavy (non-hydrogen) atoms. The Labute approximate surface area is 123 Å². The van der Waals surface area contributed by atoms with Crippen LogP contribution in [0.2, 0.25) is 0 Å². The largest absolute Gasteiger partial charge is 0.482 e. The Kier molecular flexibility index (Phi) is 3.17. The van der Waals surface area contributed by atoms with E-state index in [2.05, 4.69) is 28.8 Å². The third kappa shape index (κ3) is 2.63. The predicted molar refractivity (Wildman–Crippen MR) is 84.2 cm³/mol. The van der Waals surface area contributed by atoms with Crippen molar-refractivity contribution in [1.29, 1.82) is 0 Å². The first-order chi connectivity index (χ1) is 10.0. The first-order valence-electron chi connectivity index (χ1n) is 6.73. The van der Waals surface area contributed by atoms with Gasteiger partial charge in [-0.2, -0.15) is 0 Å². The summed E-state index contributed by atoms with van der Waals surface area (Å²) >= 11 is 0. The number of rotatable bonds is 2. The molecule has 0 atom stereocenters. The minimum atomic E-state index is -0.162. The normalized spacial score (nSPS) is 13.1. The summed E-state index contributed by atoms with van der Waals surface area (Å²) in [6, 6.07) is 9.69. The molecule has 5 nitrogen and oxygen atoms in total. The van der Waals surface area contributed by atoms with Crippen molar-refractivity contribution < 1.29 is 9.53 Å². The third-order valence-electron chi connectivity index (χ3n) is 3.45. The number of carbonyl (C=O) groups excluding carboxylic acids is 1. The first kappa shape index (κ1) is 13.3. The molecule has 0 aromatic heterocycles. The number of nitrogen functional groups attached to an aromatic ring is 1. The Balaban J connectivity index is 1.97. The molecule has 0 aliphatic carbocycles. The van der Waals surface area contributed by atoms with Crippen LogP contribution in [0.25, 0.3) is 0 Å². The van der Waals surface area contributed by atoms with E-state index in [9.17, 15) is 4.79 Å². The molecule has 2 aromatic carbocycles. The molecule has 0 saturated carbocycles. The maximum absolute atomic E-state index is 11.4. The highest BCUT2D eigenvalue weighted by Crippen LogP contribution is 2.36. The Hall–Kier alpha value is -2.69. The molecule has 3 rings (SSSR count). The minimum absolute atomic E-state index is 0.0240. The van der Waals surface area contributed by atoms with Crippen LogP contribution < -0.4 is 21.1 Å². The van der Waals surface area contributed by atoms with Crippen LogP contribution in [0.1, 0.15) is 11.1 Å². The number of aryl methyl sites for hydroxylation is 2. The van der Waals surface area contributed by atoms with Crippen molar-refractivity contribution in [2.75, 3.05) is 23.0 Å². The summed E-state index contributed by atoms with van der Waals surface area (Å²) < 4.78 is 5.34. The van der Waals surface area contributed by atoms with Gasteiger partial charge in [0.05, 0.1) is 17.1 Å². The molecule has 0 saturated heterocycles. The number of hydrogen-bond acceptors (Lipinski definition) is 4. The second kappa shape index (κ2) is 5.01. The molecular formula is C16H17N3O2. The summed E-state index contributed by atoms with van der Waals surface area (Å²) in [5.74, 6) is 0.434. The van der Waals surface area contributed by atoms with Gasteiger partial charge in [-0.05, 0) is 37.1 Å². The Morgan fingerprint density at radius 3 is 2.81 bits per heavy atom. The van der Waals surface area contributed by atoms with Gasteiger partial charge in [-0.15, -0.1) is 0 Å². The average molecular weight is 283 g/mol. The van der Waals surface area contributed by atoms with Gasteiger partial charge in [0.1, 0.15) is 5.75 Å². The van der Waals surface area contributed by atoms with Crippen LogP contribution in [0.15, 0.2) is 30.3 Å². The topological polar surface area (TPSA) is 76.4 Å². The molecule has 0 unspecified atom stereocenters. The Morgan fingerprint density at radius 2 is 2.00 bits per heavy atom. The Morgan fingerprint density at radius 1 is 1.19 bits per heavy atom. The van der Waals surface area contributed by atoms with Crippen molar-refractivity contribution >= 4 is 28.7 Å². The van der Waals surface area contributed by atoms with Crippen molar-refractivity contribution in [3.63, 3.8) is 0 Å². The number of benzene rings is 2. The number of hydrogen-bond donors (Lipinski definition) is 3. The fourth-order valence-corrected chi connectivity index (χ4v) is 2.27. The summed E-state index contributed by atoms with van der Waals surface area (Å²) in [4.78, 5) is 11.4. The molecule has 5 heteroatoms. The molecule has 108 valence electrons. The lowest BCUT2D eigenvalue weighted by molar-refractivity contribution is -0.118. The number of nitrogens with one attached hydrogen (secondary N) is 2. The van der Waals surface area contributed by atoms with Gasteiger partial charge in [-0.1, -0.05) is 12.1 Å². The van der Waals surface area contributed by atoms with E-state index in [1.54, 1.807) is 12.1 Å². The van der Waals surface area contributed by atoms with Crippen molar-refractivity contribution in [3.8, 4) is 5.75 Å². The molecule has 2 aromatic rings. The zero-order chi connectivity index (χ0) is 15.0. The number of nitrogens with two attached hydrogens (primary N) is 1. The molecule has 1 heterocycles. The lowest BCUT2D eigenvalue weighted by Gasteiger charge is -2.21. The molecule has 1 amide bonds. The van der Waals surface area contributed by atoms with E-state index in [4.69, 9.17) is 10.5 Å². The highest BCUT2D eigenvalue weighted by Gasteiger charge is 2.18. The van der Waals surface area contributed by atoms with E-state index < -0.39 is 0 Å². The monoisotopic (exact) mass is 283 g/mol. The number of ether oxygens (including phenoxy) is 1. The smallest absolute Gasteiger partial charge is 0.262 e. The van der Waals surface area contributed by atoms with Gasteiger partial charge in [0.25, 0.3) is 5.91 Å². The van der Waals surface area contributed by atoms with Gasteiger partial charge in [-0.3, -0.25) is 4.79 Å². The summed E-state index contributed by atoms with van der Waals surface area (Å²) in [7, 11) is 0. The lowest BCUT2D eigenvalue weighted by Crippen LogP contribution is -2.25. The molecule has 0 spiro atoms. The van der Waals surface area contributed by atoms with Gasteiger partial charge < -0.3 is 21.1 Å². The SMILES string of the molecule is Cc1ccc(C)c(Nc2cc3c(cc2N)OCC(=O)N3)c1. The van der Waals surface area contributed by atoms with Crippen LogP contribution in [0.3, 0.4) is 0 Å². The van der Waals surface area contributed by atoms with E-state index in [1.807, 2.05) is 13.8 Å². The first-order valence-corrected chi connectivity index (χ1v) is 6.73. The van der Waals surface area contributed by atoms with Gasteiger partial charge in [0.2, 0.25) is 0 Å². The molecule has 0 bridgehead atoms. The highest BCUT2D eigenvalue weighted by atomic mass is 16.5. The standard InChI is InChI=1S/C16H17N3O2/c1-9-3-4-10(2)12(5-9)18-13-7-14-15(6-11(13)17)21-8-16(20)19-14/h3-7,18H,8,17H2,1-2H3,(H,19,20). The minimum Gasteiger partial charge on any atom is -0.482 e. The maximum Gasteiger partial charge on any atom is 0.262 e. The molecule has 0 fully saturated rings. The Bertz CT molecular complexity index is 726. The molecule has 0 radical (unpaired) electrons. The molecular weight excluding hydrogens is 266 g/mol. The number of amides is 1. The van der Waals surface area contributed by atoms with Crippen LogP contribution in [-0.2, 0) is 4.79 Å². The maximum atomic E-state index is 11.4. The quantitative estimate of drug-likeness (QED) is 0.741. The fraction of sp³-hybridized carbons (Fsp3) is 0.188. The van der Waals surface area contributed by atoms with Gasteiger partial charge in [0.15, 0.2) is 6.61 Å². The van der Waals surface area contributed by atoms with Crippen LogP contribution >= 0.6 is 0 Å². The number of fused-ring (bicyclic) bond motifs is 1. The van der Waals surface area contributed by atoms with E-state index >= 15 is 0 Å². The van der Waals surface area contributed by atoms with Crippen molar-refractivity contribution in [1.82, 2.24) is 0 Å². The van der Waals surface area contributed by atoms with Crippen LogP contribution in [-0.4, -0.2) is 12.5 Å². The summed E-state index contributed by atoms with van der Waals surface area (Å²) in [5.41, 5.74) is 11.3. The lowest BCUT2D eigenvalue weighted by atomic mass is 10.1. The van der Waals surface area contributed by atoms with Gasteiger partial charge >= 0.3 is 0 Å². The predicted octanol–water partition coefficient (Wildman–Crippen LogP) is 2.96. The van der Waals surface area contributed by atoms with E-state index in [0.29, 0.717) is 17.1 Å². The van der Waals surface area contributed by atoms with Crippen LogP contribution in [0.4, 0.5) is 22.7 Å². The molecule has 1 aliphatic heterocycles. The van der Waals surface area contributed by atoms with Crippen LogP contribution in [0, 0.1) is 13.8 Å². The molecule has 4 N–H and O–H groups in total. The average Bonchev–Trinajstić information content (AvgIpc) is 2.44. The van der Waals surface area contributed by atoms with Gasteiger partial charge in [-0.25, -0.2) is 0 Å². The zero-order valence-corrected chi connectivity index (χ0v) is 12.0. The van der Waals surface area contributed by atoms with E-state index in [0.717, 1.165) is 22.5 Å². The fourth-order valence-electron chi connectivity index (χ4n) is 2.27. The third-order valence-corrected chi connectivity index (χ3v) is 3.45. The molecule has 1 aliphatic rings. The summed E-state index contributed by atoms with van der Waals surface area (Å²) in [6.07, 6.45) is 0. The highest BCUT2D eigenvalue weighted by molar-refractivity contribution is 5.97. The van der Waals surface area contributed by atoms with Crippen LogP contribution in [0.5, 0.6) is 5.75 Å². The van der Waals surface area contributed by atoms with Crippen molar-refractivity contribution in [3.05, 3.63) is 41.5 Å². The zero-order valence-electron chi connectivity index (χ0n) is 12.0. The van der Waals surface area contributed by atoms with Crippen molar-refractivity contribution in [2.45, 2.75) is 13.8 Å². The summed E-state index contributed by atoms with van der Waals surface area (Å²) in [5, 5.41) is 6.09. The number of anilines is 4. The van der Waals surface area contributed by atoms with E-state index in [1.165, 1.54) is 0 Å². The summed E-state index contributed by atoms with van der Waals surface area (Å²) in [6.45, 7) is 4.09. The van der Waals surface area contributed by atoms with Crippen molar-refractivity contribution in [2.24, 2.45) is 0 Å². The second-order valence-corrected chi connectivity index (χ2v) is 5.22. The van der Waals surface area contributed by atoms with E-state index in [-0.39, 0.29) is 12.5 Å².